The van der Waals surface area contributed by atoms with Gasteiger partial charge in [0.15, 0.2) is 0 Å². The number of nitrogens with one attached hydrogen (secondary N) is 1. The summed E-state index contributed by atoms with van der Waals surface area (Å²) in [7, 11) is 0. The van der Waals surface area contributed by atoms with Gasteiger partial charge in [-0.05, 0) is 30.0 Å². The number of hydrogen-bond acceptors (Lipinski definition) is 2. The summed E-state index contributed by atoms with van der Waals surface area (Å²) in [5, 5.41) is 4.31. The normalized spacial score (nSPS) is 14.7. The van der Waals surface area contributed by atoms with Crippen molar-refractivity contribution >= 4 is 5.71 Å². The first-order valence-corrected chi connectivity index (χ1v) is 6.29. The van der Waals surface area contributed by atoms with E-state index in [2.05, 4.69) is 41.7 Å². The van der Waals surface area contributed by atoms with Crippen LogP contribution in [-0.4, -0.2) is 12.3 Å². The fraction of sp³-hybridized carbons (Fsp3) is 0.500. The van der Waals surface area contributed by atoms with Gasteiger partial charge in [-0.3, -0.25) is 0 Å². The summed E-state index contributed by atoms with van der Waals surface area (Å²) >= 11 is 0. The van der Waals surface area contributed by atoms with Crippen molar-refractivity contribution in [1.82, 2.24) is 5.43 Å². The monoisotopic (exact) mass is 216 g/mol. The van der Waals surface area contributed by atoms with Gasteiger partial charge < -0.3 is 5.43 Å². The second-order valence-corrected chi connectivity index (χ2v) is 4.37. The molecule has 0 fully saturated rings. The van der Waals surface area contributed by atoms with Crippen molar-refractivity contribution in [3.8, 4) is 0 Å². The Balaban J connectivity index is 2.01. The zero-order chi connectivity index (χ0) is 11.2. The molecule has 0 aromatic heterocycles. The SMILES string of the molecule is CCCCCc1cccc(C2=NNCC2)c1. The molecule has 1 aromatic carbocycles. The van der Waals surface area contributed by atoms with Gasteiger partial charge in [0.2, 0.25) is 0 Å². The molecule has 0 spiro atoms. The summed E-state index contributed by atoms with van der Waals surface area (Å²) < 4.78 is 0. The standard InChI is InChI=1S/C14H20N2/c1-2-3-4-6-12-7-5-8-13(11-12)14-9-10-15-16-14/h5,7-8,11,15H,2-4,6,9-10H2,1H3. The zero-order valence-electron chi connectivity index (χ0n) is 10.00. The first-order valence-electron chi connectivity index (χ1n) is 6.29. The van der Waals surface area contributed by atoms with E-state index in [-0.39, 0.29) is 0 Å². The molecule has 1 heterocycles. The van der Waals surface area contributed by atoms with Gasteiger partial charge in [0, 0.05) is 13.0 Å². The van der Waals surface area contributed by atoms with Gasteiger partial charge in [0.05, 0.1) is 5.71 Å². The summed E-state index contributed by atoms with van der Waals surface area (Å²) in [5.74, 6) is 0. The highest BCUT2D eigenvalue weighted by Crippen LogP contribution is 2.13. The average molecular weight is 216 g/mol. The molecule has 2 nitrogen and oxygen atoms in total. The Morgan fingerprint density at radius 1 is 1.31 bits per heavy atom. The number of unbranched alkanes of at least 4 members (excludes halogenated alkanes) is 2. The molecule has 0 unspecified atom stereocenters. The molecule has 0 saturated carbocycles. The molecule has 0 aliphatic carbocycles. The van der Waals surface area contributed by atoms with Crippen molar-refractivity contribution in [2.75, 3.05) is 6.54 Å². The number of benzene rings is 1. The quantitative estimate of drug-likeness (QED) is 0.751. The van der Waals surface area contributed by atoms with Crippen molar-refractivity contribution < 1.29 is 0 Å². The Hall–Kier alpha value is -1.31. The lowest BCUT2D eigenvalue weighted by molar-refractivity contribution is 0.717. The summed E-state index contributed by atoms with van der Waals surface area (Å²) in [5.41, 5.74) is 6.97. The Bertz CT molecular complexity index is 369. The van der Waals surface area contributed by atoms with Gasteiger partial charge >= 0.3 is 0 Å². The van der Waals surface area contributed by atoms with E-state index in [1.165, 1.54) is 42.5 Å². The summed E-state index contributed by atoms with van der Waals surface area (Å²) in [4.78, 5) is 0. The Morgan fingerprint density at radius 3 is 3.00 bits per heavy atom. The van der Waals surface area contributed by atoms with Crippen LogP contribution in [0.15, 0.2) is 29.4 Å². The highest BCUT2D eigenvalue weighted by atomic mass is 15.3. The number of nitrogens with zero attached hydrogens (tertiary/aromatic N) is 1. The lowest BCUT2D eigenvalue weighted by Crippen LogP contribution is -1.98. The lowest BCUT2D eigenvalue weighted by Gasteiger charge is -2.04. The van der Waals surface area contributed by atoms with Gasteiger partial charge in [-0.1, -0.05) is 38.0 Å². The van der Waals surface area contributed by atoms with Gasteiger partial charge in [0.1, 0.15) is 0 Å². The topological polar surface area (TPSA) is 24.4 Å². The lowest BCUT2D eigenvalue weighted by atomic mass is 10.0. The minimum absolute atomic E-state index is 0.982. The molecule has 0 radical (unpaired) electrons. The van der Waals surface area contributed by atoms with Crippen LogP contribution in [0, 0.1) is 0 Å². The van der Waals surface area contributed by atoms with Gasteiger partial charge in [0.25, 0.3) is 0 Å². The first kappa shape index (κ1) is 11.2. The average Bonchev–Trinajstić information content (AvgIpc) is 2.83. The maximum absolute atomic E-state index is 4.31. The van der Waals surface area contributed by atoms with Crippen LogP contribution in [0.2, 0.25) is 0 Å². The minimum atomic E-state index is 0.982. The largest absolute Gasteiger partial charge is 0.309 e. The van der Waals surface area contributed by atoms with Crippen LogP contribution in [0.3, 0.4) is 0 Å². The van der Waals surface area contributed by atoms with Crippen LogP contribution in [0.25, 0.3) is 0 Å². The maximum atomic E-state index is 4.31. The van der Waals surface area contributed by atoms with Gasteiger partial charge in [-0.25, -0.2) is 0 Å². The number of rotatable bonds is 5. The molecule has 0 atom stereocenters. The van der Waals surface area contributed by atoms with Crippen LogP contribution >= 0.6 is 0 Å². The molecule has 86 valence electrons. The fourth-order valence-corrected chi connectivity index (χ4v) is 2.08. The molecule has 1 aromatic rings. The van der Waals surface area contributed by atoms with Gasteiger partial charge in [-0.15, -0.1) is 0 Å². The number of hydrogen-bond donors (Lipinski definition) is 1. The third kappa shape index (κ3) is 2.84. The highest BCUT2D eigenvalue weighted by molar-refractivity contribution is 6.01. The van der Waals surface area contributed by atoms with E-state index >= 15 is 0 Å². The second-order valence-electron chi connectivity index (χ2n) is 4.37. The molecule has 1 aliphatic heterocycles. The van der Waals surface area contributed by atoms with E-state index < -0.39 is 0 Å². The van der Waals surface area contributed by atoms with Crippen molar-refractivity contribution in [3.05, 3.63) is 35.4 Å². The van der Waals surface area contributed by atoms with Crippen molar-refractivity contribution in [2.45, 2.75) is 39.0 Å². The fourth-order valence-electron chi connectivity index (χ4n) is 2.08. The van der Waals surface area contributed by atoms with E-state index in [1.54, 1.807) is 0 Å². The van der Waals surface area contributed by atoms with Crippen LogP contribution in [0.5, 0.6) is 0 Å². The van der Waals surface area contributed by atoms with E-state index in [1.807, 2.05) is 0 Å². The molecular weight excluding hydrogens is 196 g/mol. The molecular formula is C14H20N2. The molecule has 2 heteroatoms. The Labute approximate surface area is 97.8 Å². The van der Waals surface area contributed by atoms with Crippen molar-refractivity contribution in [1.29, 1.82) is 0 Å². The zero-order valence-corrected chi connectivity index (χ0v) is 10.00. The smallest absolute Gasteiger partial charge is 0.0693 e. The molecule has 2 rings (SSSR count). The molecule has 0 saturated heterocycles. The second kappa shape index (κ2) is 5.69. The van der Waals surface area contributed by atoms with Crippen LogP contribution in [0.1, 0.15) is 43.7 Å². The maximum Gasteiger partial charge on any atom is 0.0693 e. The predicted molar refractivity (Wildman–Crippen MR) is 68.8 cm³/mol. The summed E-state index contributed by atoms with van der Waals surface area (Å²) in [6, 6.07) is 8.83. The third-order valence-electron chi connectivity index (χ3n) is 3.02. The summed E-state index contributed by atoms with van der Waals surface area (Å²) in [6.45, 7) is 3.23. The minimum Gasteiger partial charge on any atom is -0.309 e. The van der Waals surface area contributed by atoms with Crippen LogP contribution in [0.4, 0.5) is 0 Å². The third-order valence-corrected chi connectivity index (χ3v) is 3.02. The number of aryl methyl sites for hydroxylation is 1. The predicted octanol–water partition coefficient (Wildman–Crippen LogP) is 3.12. The van der Waals surface area contributed by atoms with Crippen LogP contribution in [-0.2, 0) is 6.42 Å². The highest BCUT2D eigenvalue weighted by Gasteiger charge is 2.08. The van der Waals surface area contributed by atoms with E-state index in [4.69, 9.17) is 0 Å². The molecule has 1 N–H and O–H groups in total. The molecule has 0 bridgehead atoms. The van der Waals surface area contributed by atoms with Crippen LogP contribution < -0.4 is 5.43 Å². The van der Waals surface area contributed by atoms with E-state index in [0.29, 0.717) is 0 Å². The summed E-state index contributed by atoms with van der Waals surface area (Å²) in [6.07, 6.45) is 6.16. The number of hydrazone groups is 1. The Morgan fingerprint density at radius 2 is 2.25 bits per heavy atom. The van der Waals surface area contributed by atoms with Crippen molar-refractivity contribution in [3.63, 3.8) is 0 Å². The molecule has 1 aliphatic rings. The molecule has 0 amide bonds. The molecule has 16 heavy (non-hydrogen) atoms. The van der Waals surface area contributed by atoms with E-state index in [9.17, 15) is 0 Å². The van der Waals surface area contributed by atoms with Gasteiger partial charge in [-0.2, -0.15) is 5.10 Å². The first-order chi connectivity index (χ1) is 7.90. The van der Waals surface area contributed by atoms with Crippen molar-refractivity contribution in [2.24, 2.45) is 5.10 Å². The van der Waals surface area contributed by atoms with E-state index in [0.717, 1.165) is 13.0 Å². The Kier molecular flexibility index (Phi) is 3.97.